The molecule has 1 aliphatic rings. The molecule has 5 nitrogen and oxygen atoms in total. The second-order valence-corrected chi connectivity index (χ2v) is 8.16. The molecular formula is C19H15ClINO4S. The van der Waals surface area contributed by atoms with Gasteiger partial charge in [-0.3, -0.25) is 14.5 Å². The van der Waals surface area contributed by atoms with Gasteiger partial charge in [-0.2, -0.15) is 0 Å². The molecular weight excluding hydrogens is 501 g/mol. The van der Waals surface area contributed by atoms with Gasteiger partial charge in [-0.1, -0.05) is 29.8 Å². The SMILES string of the molecule is COc1cc(/C=C2\SC(=O)N(Cc3ccccc3Cl)C2=O)cc(I)c1OC. The van der Waals surface area contributed by atoms with E-state index >= 15 is 0 Å². The molecule has 0 aliphatic carbocycles. The molecule has 8 heteroatoms. The molecule has 2 aromatic carbocycles. The van der Waals surface area contributed by atoms with E-state index in [1.807, 2.05) is 12.1 Å². The summed E-state index contributed by atoms with van der Waals surface area (Å²) in [7, 11) is 3.12. The van der Waals surface area contributed by atoms with Gasteiger partial charge in [0.1, 0.15) is 0 Å². The average Bonchev–Trinajstić information content (AvgIpc) is 2.90. The first-order valence-corrected chi connectivity index (χ1v) is 10.1. The third-order valence-corrected chi connectivity index (χ3v) is 5.99. The highest BCUT2D eigenvalue weighted by atomic mass is 127. The van der Waals surface area contributed by atoms with E-state index in [2.05, 4.69) is 22.6 Å². The molecule has 0 radical (unpaired) electrons. The first kappa shape index (κ1) is 20.0. The molecule has 1 heterocycles. The molecule has 0 unspecified atom stereocenters. The van der Waals surface area contributed by atoms with Crippen molar-refractivity contribution < 1.29 is 19.1 Å². The normalized spacial score (nSPS) is 15.6. The topological polar surface area (TPSA) is 55.8 Å². The summed E-state index contributed by atoms with van der Waals surface area (Å²) >= 11 is 9.19. The number of imide groups is 1. The third-order valence-electron chi connectivity index (χ3n) is 3.91. The van der Waals surface area contributed by atoms with Crippen LogP contribution in [0.5, 0.6) is 11.5 Å². The van der Waals surface area contributed by atoms with Crippen molar-refractivity contribution in [3.05, 3.63) is 61.0 Å². The summed E-state index contributed by atoms with van der Waals surface area (Å²) in [5.41, 5.74) is 1.48. The van der Waals surface area contributed by atoms with Crippen LogP contribution in [-0.4, -0.2) is 30.3 Å². The molecule has 27 heavy (non-hydrogen) atoms. The Bertz CT molecular complexity index is 947. The number of halogens is 2. The number of benzene rings is 2. The third kappa shape index (κ3) is 4.25. The number of carbonyl (C=O) groups is 2. The lowest BCUT2D eigenvalue weighted by Gasteiger charge is -2.13. The Balaban J connectivity index is 1.88. The van der Waals surface area contributed by atoms with Crippen LogP contribution in [0.1, 0.15) is 11.1 Å². The fraction of sp³-hybridized carbons (Fsp3) is 0.158. The highest BCUT2D eigenvalue weighted by Gasteiger charge is 2.35. The summed E-state index contributed by atoms with van der Waals surface area (Å²) in [5.74, 6) is 0.850. The Labute approximate surface area is 179 Å². The Kier molecular flexibility index (Phi) is 6.33. The Morgan fingerprint density at radius 3 is 2.59 bits per heavy atom. The molecule has 0 aromatic heterocycles. The van der Waals surface area contributed by atoms with Crippen molar-refractivity contribution in [2.24, 2.45) is 0 Å². The number of hydrogen-bond donors (Lipinski definition) is 0. The Morgan fingerprint density at radius 1 is 1.19 bits per heavy atom. The number of methoxy groups -OCH3 is 2. The monoisotopic (exact) mass is 515 g/mol. The van der Waals surface area contributed by atoms with Crippen LogP contribution in [-0.2, 0) is 11.3 Å². The molecule has 1 saturated heterocycles. The van der Waals surface area contributed by atoms with Gasteiger partial charge >= 0.3 is 0 Å². The fourth-order valence-electron chi connectivity index (χ4n) is 2.61. The van der Waals surface area contributed by atoms with Gasteiger partial charge in [0.2, 0.25) is 0 Å². The second-order valence-electron chi connectivity index (χ2n) is 5.60. The maximum absolute atomic E-state index is 12.7. The number of nitrogens with zero attached hydrogens (tertiary/aromatic N) is 1. The molecule has 0 saturated carbocycles. The van der Waals surface area contributed by atoms with Crippen molar-refractivity contribution in [3.8, 4) is 11.5 Å². The highest BCUT2D eigenvalue weighted by molar-refractivity contribution is 14.1. The second kappa shape index (κ2) is 8.53. The van der Waals surface area contributed by atoms with E-state index in [1.165, 1.54) is 4.90 Å². The van der Waals surface area contributed by atoms with Crippen LogP contribution in [0.15, 0.2) is 41.3 Å². The summed E-state index contributed by atoms with van der Waals surface area (Å²) in [6.45, 7) is 0.144. The number of ether oxygens (including phenoxy) is 2. The van der Waals surface area contributed by atoms with E-state index in [0.717, 1.165) is 26.5 Å². The van der Waals surface area contributed by atoms with Gasteiger partial charge in [0, 0.05) is 5.02 Å². The van der Waals surface area contributed by atoms with Crippen molar-refractivity contribution in [1.82, 2.24) is 4.90 Å². The minimum Gasteiger partial charge on any atom is -0.493 e. The van der Waals surface area contributed by atoms with E-state index in [9.17, 15) is 9.59 Å². The van der Waals surface area contributed by atoms with Gasteiger partial charge in [0.05, 0.1) is 29.2 Å². The predicted octanol–water partition coefficient (Wildman–Crippen LogP) is 5.20. The minimum absolute atomic E-state index is 0.144. The quantitative estimate of drug-likeness (QED) is 0.405. The fourth-order valence-corrected chi connectivity index (χ4v) is 4.49. The molecule has 0 bridgehead atoms. The van der Waals surface area contributed by atoms with Crippen LogP contribution in [0, 0.1) is 3.57 Å². The molecule has 0 N–H and O–H groups in total. The molecule has 2 aromatic rings. The van der Waals surface area contributed by atoms with Gasteiger partial charge in [-0.05, 0) is 69.8 Å². The largest absolute Gasteiger partial charge is 0.493 e. The maximum atomic E-state index is 12.7. The lowest BCUT2D eigenvalue weighted by Crippen LogP contribution is -2.27. The van der Waals surface area contributed by atoms with Gasteiger partial charge in [0.15, 0.2) is 11.5 Å². The number of carbonyl (C=O) groups excluding carboxylic acids is 2. The summed E-state index contributed by atoms with van der Waals surface area (Å²) in [6.07, 6.45) is 1.68. The number of thioether (sulfide) groups is 1. The molecule has 140 valence electrons. The average molecular weight is 516 g/mol. The molecule has 0 atom stereocenters. The summed E-state index contributed by atoms with van der Waals surface area (Å²) < 4.78 is 11.5. The molecule has 3 rings (SSSR count). The predicted molar refractivity (Wildman–Crippen MR) is 115 cm³/mol. The van der Waals surface area contributed by atoms with Crippen LogP contribution >= 0.6 is 46.0 Å². The molecule has 1 fully saturated rings. The summed E-state index contributed by atoms with van der Waals surface area (Å²) in [4.78, 5) is 26.6. The first-order chi connectivity index (χ1) is 12.9. The highest BCUT2D eigenvalue weighted by Crippen LogP contribution is 2.37. The van der Waals surface area contributed by atoms with E-state index in [-0.39, 0.29) is 17.7 Å². The van der Waals surface area contributed by atoms with Gasteiger partial charge in [-0.25, -0.2) is 0 Å². The van der Waals surface area contributed by atoms with Crippen LogP contribution in [0.25, 0.3) is 6.08 Å². The van der Waals surface area contributed by atoms with Crippen LogP contribution in [0.3, 0.4) is 0 Å². The zero-order valence-corrected chi connectivity index (χ0v) is 18.2. The summed E-state index contributed by atoms with van der Waals surface area (Å²) in [6, 6.07) is 10.8. The van der Waals surface area contributed by atoms with Crippen LogP contribution in [0.2, 0.25) is 5.02 Å². The van der Waals surface area contributed by atoms with Crippen molar-refractivity contribution >= 4 is 63.2 Å². The smallest absolute Gasteiger partial charge is 0.293 e. The van der Waals surface area contributed by atoms with E-state index in [0.29, 0.717) is 21.4 Å². The first-order valence-electron chi connectivity index (χ1n) is 7.85. The molecule has 0 spiro atoms. The van der Waals surface area contributed by atoms with E-state index in [1.54, 1.807) is 44.6 Å². The lowest BCUT2D eigenvalue weighted by molar-refractivity contribution is -0.123. The van der Waals surface area contributed by atoms with Crippen molar-refractivity contribution in [2.75, 3.05) is 14.2 Å². The van der Waals surface area contributed by atoms with Crippen molar-refractivity contribution in [2.45, 2.75) is 6.54 Å². The zero-order valence-electron chi connectivity index (χ0n) is 14.5. The molecule has 1 aliphatic heterocycles. The number of amides is 2. The van der Waals surface area contributed by atoms with Gasteiger partial charge < -0.3 is 9.47 Å². The van der Waals surface area contributed by atoms with E-state index in [4.69, 9.17) is 21.1 Å². The number of rotatable bonds is 5. The Hall–Kier alpha value is -1.71. The Morgan fingerprint density at radius 2 is 1.93 bits per heavy atom. The van der Waals surface area contributed by atoms with Gasteiger partial charge in [-0.15, -0.1) is 0 Å². The van der Waals surface area contributed by atoms with Crippen LogP contribution in [0.4, 0.5) is 4.79 Å². The standard InChI is InChI=1S/C19H15ClINO4S/c1-25-15-8-11(7-14(21)17(15)26-2)9-16-18(23)22(19(24)27-16)10-12-5-3-4-6-13(12)20/h3-9H,10H2,1-2H3/b16-9-. The maximum Gasteiger partial charge on any atom is 0.293 e. The van der Waals surface area contributed by atoms with Crippen LogP contribution < -0.4 is 9.47 Å². The van der Waals surface area contributed by atoms with Crippen molar-refractivity contribution in [1.29, 1.82) is 0 Å². The molecule has 2 amide bonds. The van der Waals surface area contributed by atoms with Crippen molar-refractivity contribution in [3.63, 3.8) is 0 Å². The summed E-state index contributed by atoms with van der Waals surface area (Å²) in [5, 5.41) is 0.205. The van der Waals surface area contributed by atoms with E-state index < -0.39 is 0 Å². The minimum atomic E-state index is -0.338. The lowest BCUT2D eigenvalue weighted by atomic mass is 10.1. The zero-order chi connectivity index (χ0) is 19.6. The number of hydrogen-bond acceptors (Lipinski definition) is 5. The van der Waals surface area contributed by atoms with Gasteiger partial charge in [0.25, 0.3) is 11.1 Å².